The van der Waals surface area contributed by atoms with Crippen molar-refractivity contribution in [1.82, 2.24) is 5.32 Å². The van der Waals surface area contributed by atoms with E-state index in [1.807, 2.05) is 0 Å². The number of benzene rings is 1. The third kappa shape index (κ3) is 2.13. The summed E-state index contributed by atoms with van der Waals surface area (Å²) in [4.78, 5) is 0. The fourth-order valence-electron chi connectivity index (χ4n) is 3.20. The molecule has 1 spiro atoms. The SMILES string of the molecule is COc1ccc2c(c1)CC1(CC2)CNCC(C)O1. The molecule has 3 heteroatoms. The van der Waals surface area contributed by atoms with E-state index >= 15 is 0 Å². The Morgan fingerprint density at radius 2 is 2.28 bits per heavy atom. The van der Waals surface area contributed by atoms with Crippen LogP contribution in [-0.4, -0.2) is 31.9 Å². The maximum atomic E-state index is 6.24. The van der Waals surface area contributed by atoms with E-state index in [1.165, 1.54) is 11.1 Å². The molecular weight excluding hydrogens is 226 g/mol. The van der Waals surface area contributed by atoms with Gasteiger partial charge in [0, 0.05) is 19.5 Å². The topological polar surface area (TPSA) is 30.5 Å². The summed E-state index contributed by atoms with van der Waals surface area (Å²) in [6, 6.07) is 6.42. The van der Waals surface area contributed by atoms with Crippen molar-refractivity contribution >= 4 is 0 Å². The van der Waals surface area contributed by atoms with E-state index in [1.54, 1.807) is 7.11 Å². The first-order valence-corrected chi connectivity index (χ1v) is 6.75. The van der Waals surface area contributed by atoms with E-state index < -0.39 is 0 Å². The molecule has 0 aromatic heterocycles. The monoisotopic (exact) mass is 247 g/mol. The van der Waals surface area contributed by atoms with Crippen molar-refractivity contribution in [2.24, 2.45) is 0 Å². The minimum absolute atomic E-state index is 0.00295. The van der Waals surface area contributed by atoms with Gasteiger partial charge in [-0.05, 0) is 43.0 Å². The lowest BCUT2D eigenvalue weighted by Gasteiger charge is -2.44. The molecule has 1 fully saturated rings. The number of nitrogens with one attached hydrogen (secondary N) is 1. The molecule has 0 radical (unpaired) electrons. The Bertz CT molecular complexity index is 446. The Balaban J connectivity index is 1.87. The molecule has 1 saturated heterocycles. The van der Waals surface area contributed by atoms with E-state index in [0.717, 1.165) is 38.1 Å². The van der Waals surface area contributed by atoms with Gasteiger partial charge in [0.15, 0.2) is 0 Å². The number of hydrogen-bond donors (Lipinski definition) is 1. The average Bonchev–Trinajstić information content (AvgIpc) is 2.37. The van der Waals surface area contributed by atoms with Gasteiger partial charge in [-0.2, -0.15) is 0 Å². The summed E-state index contributed by atoms with van der Waals surface area (Å²) in [6.07, 6.45) is 3.53. The van der Waals surface area contributed by atoms with Crippen LogP contribution in [0.25, 0.3) is 0 Å². The Kier molecular flexibility index (Phi) is 3.04. The van der Waals surface area contributed by atoms with Crippen LogP contribution in [0.2, 0.25) is 0 Å². The highest BCUT2D eigenvalue weighted by molar-refractivity contribution is 5.38. The molecule has 2 unspecified atom stereocenters. The highest BCUT2D eigenvalue weighted by atomic mass is 16.5. The van der Waals surface area contributed by atoms with Crippen LogP contribution in [0.3, 0.4) is 0 Å². The van der Waals surface area contributed by atoms with Crippen molar-refractivity contribution < 1.29 is 9.47 Å². The summed E-state index contributed by atoms with van der Waals surface area (Å²) in [5.74, 6) is 0.947. The van der Waals surface area contributed by atoms with Crippen LogP contribution in [-0.2, 0) is 17.6 Å². The van der Waals surface area contributed by atoms with Crippen LogP contribution in [0.15, 0.2) is 18.2 Å². The van der Waals surface area contributed by atoms with Crippen LogP contribution in [0.5, 0.6) is 5.75 Å². The van der Waals surface area contributed by atoms with Crippen LogP contribution < -0.4 is 10.1 Å². The molecule has 0 amide bonds. The zero-order valence-electron chi connectivity index (χ0n) is 11.2. The van der Waals surface area contributed by atoms with Crippen molar-refractivity contribution in [3.05, 3.63) is 29.3 Å². The van der Waals surface area contributed by atoms with Gasteiger partial charge in [0.2, 0.25) is 0 Å². The Hall–Kier alpha value is -1.06. The Morgan fingerprint density at radius 1 is 1.39 bits per heavy atom. The molecule has 0 saturated carbocycles. The zero-order chi connectivity index (χ0) is 12.6. The number of rotatable bonds is 1. The summed E-state index contributed by atoms with van der Waals surface area (Å²) < 4.78 is 11.6. The number of fused-ring (bicyclic) bond motifs is 1. The molecule has 1 N–H and O–H groups in total. The summed E-state index contributed by atoms with van der Waals surface area (Å²) in [5, 5.41) is 3.50. The molecule has 2 aliphatic rings. The van der Waals surface area contributed by atoms with E-state index in [4.69, 9.17) is 9.47 Å². The minimum Gasteiger partial charge on any atom is -0.497 e. The normalized spacial score (nSPS) is 31.1. The molecule has 3 nitrogen and oxygen atoms in total. The van der Waals surface area contributed by atoms with Gasteiger partial charge < -0.3 is 14.8 Å². The lowest BCUT2D eigenvalue weighted by molar-refractivity contribution is -0.115. The van der Waals surface area contributed by atoms with Crippen molar-refractivity contribution in [2.45, 2.75) is 37.9 Å². The Labute approximate surface area is 108 Å². The largest absolute Gasteiger partial charge is 0.497 e. The fraction of sp³-hybridized carbons (Fsp3) is 0.600. The van der Waals surface area contributed by atoms with Crippen molar-refractivity contribution in [1.29, 1.82) is 0 Å². The van der Waals surface area contributed by atoms with E-state index in [9.17, 15) is 0 Å². The van der Waals surface area contributed by atoms with Crippen molar-refractivity contribution in [3.63, 3.8) is 0 Å². The van der Waals surface area contributed by atoms with Gasteiger partial charge in [0.25, 0.3) is 0 Å². The maximum absolute atomic E-state index is 6.24. The maximum Gasteiger partial charge on any atom is 0.119 e. The molecule has 18 heavy (non-hydrogen) atoms. The Morgan fingerprint density at radius 3 is 3.06 bits per heavy atom. The molecule has 1 aromatic rings. The second-order valence-corrected chi connectivity index (χ2v) is 5.55. The highest BCUT2D eigenvalue weighted by Gasteiger charge is 2.38. The van der Waals surface area contributed by atoms with Gasteiger partial charge in [0.1, 0.15) is 5.75 Å². The zero-order valence-corrected chi connectivity index (χ0v) is 11.2. The molecular formula is C15H21NO2. The molecule has 1 aliphatic heterocycles. The third-order valence-corrected chi connectivity index (χ3v) is 4.11. The second kappa shape index (κ2) is 4.56. The van der Waals surface area contributed by atoms with E-state index in [0.29, 0.717) is 6.10 Å². The first-order valence-electron chi connectivity index (χ1n) is 6.75. The molecule has 1 aliphatic carbocycles. The van der Waals surface area contributed by atoms with Gasteiger partial charge in [-0.25, -0.2) is 0 Å². The smallest absolute Gasteiger partial charge is 0.119 e. The molecule has 98 valence electrons. The predicted molar refractivity (Wildman–Crippen MR) is 71.2 cm³/mol. The third-order valence-electron chi connectivity index (χ3n) is 4.11. The van der Waals surface area contributed by atoms with Gasteiger partial charge in [0.05, 0.1) is 18.8 Å². The molecule has 2 atom stereocenters. The van der Waals surface area contributed by atoms with Crippen molar-refractivity contribution in [3.8, 4) is 5.75 Å². The van der Waals surface area contributed by atoms with E-state index in [2.05, 4.69) is 30.4 Å². The van der Waals surface area contributed by atoms with Crippen LogP contribution in [0.4, 0.5) is 0 Å². The van der Waals surface area contributed by atoms with Gasteiger partial charge in [-0.15, -0.1) is 0 Å². The number of methoxy groups -OCH3 is 1. The van der Waals surface area contributed by atoms with Gasteiger partial charge in [-0.1, -0.05) is 6.07 Å². The number of morpholine rings is 1. The van der Waals surface area contributed by atoms with Gasteiger partial charge in [-0.3, -0.25) is 0 Å². The number of ether oxygens (including phenoxy) is 2. The van der Waals surface area contributed by atoms with Crippen LogP contribution in [0.1, 0.15) is 24.5 Å². The summed E-state index contributed by atoms with van der Waals surface area (Å²) >= 11 is 0. The summed E-state index contributed by atoms with van der Waals surface area (Å²) in [6.45, 7) is 4.08. The first-order chi connectivity index (χ1) is 8.71. The molecule has 1 heterocycles. The minimum atomic E-state index is -0.00295. The molecule has 0 bridgehead atoms. The lowest BCUT2D eigenvalue weighted by Crippen LogP contribution is -2.55. The van der Waals surface area contributed by atoms with Crippen LogP contribution in [0, 0.1) is 0 Å². The molecule has 3 rings (SSSR count). The van der Waals surface area contributed by atoms with Crippen molar-refractivity contribution in [2.75, 3.05) is 20.2 Å². The average molecular weight is 247 g/mol. The fourth-order valence-corrected chi connectivity index (χ4v) is 3.20. The summed E-state index contributed by atoms with van der Waals surface area (Å²) in [5.41, 5.74) is 2.83. The first kappa shape index (κ1) is 12.0. The highest BCUT2D eigenvalue weighted by Crippen LogP contribution is 2.35. The van der Waals surface area contributed by atoms with Gasteiger partial charge >= 0.3 is 0 Å². The lowest BCUT2D eigenvalue weighted by atomic mass is 9.79. The predicted octanol–water partition coefficient (Wildman–Crippen LogP) is 1.93. The van der Waals surface area contributed by atoms with E-state index in [-0.39, 0.29) is 5.60 Å². The number of aryl methyl sites for hydroxylation is 1. The summed E-state index contributed by atoms with van der Waals surface area (Å²) in [7, 11) is 1.72. The number of hydrogen-bond acceptors (Lipinski definition) is 3. The second-order valence-electron chi connectivity index (χ2n) is 5.55. The molecule has 1 aromatic carbocycles. The quantitative estimate of drug-likeness (QED) is 0.822. The van der Waals surface area contributed by atoms with Crippen LogP contribution >= 0.6 is 0 Å². The standard InChI is InChI=1S/C15H21NO2/c1-11-9-16-10-15(18-11)6-5-12-3-4-14(17-2)7-13(12)8-15/h3-4,7,11,16H,5-6,8-10H2,1-2H3.